The van der Waals surface area contributed by atoms with Crippen molar-refractivity contribution >= 4 is 50.0 Å². The molecule has 21 heavy (non-hydrogen) atoms. The van der Waals surface area contributed by atoms with Crippen LogP contribution in [0.2, 0.25) is 0 Å². The minimum Gasteiger partial charge on any atom is -0.353 e. The van der Waals surface area contributed by atoms with Crippen molar-refractivity contribution in [1.82, 2.24) is 4.98 Å². The Morgan fingerprint density at radius 2 is 2.00 bits per heavy atom. The molecule has 0 fully saturated rings. The molecule has 1 aromatic heterocycles. The number of fused-ring (bicyclic) bond motifs is 4. The maximum Gasteiger partial charge on any atom is 0.264 e. The second kappa shape index (κ2) is 4.64. The average molecular weight is 359 g/mol. The fourth-order valence-corrected chi connectivity index (χ4v) is 4.09. The van der Waals surface area contributed by atoms with Gasteiger partial charge in [0.2, 0.25) is 0 Å². The van der Waals surface area contributed by atoms with Gasteiger partial charge in [0.15, 0.2) is 0 Å². The zero-order valence-electron chi connectivity index (χ0n) is 11.2. The molecule has 0 saturated heterocycles. The van der Waals surface area contributed by atoms with Crippen LogP contribution in [0.1, 0.15) is 5.56 Å². The van der Waals surface area contributed by atoms with Gasteiger partial charge in [-0.1, -0.05) is 39.3 Å². The molecule has 5 heteroatoms. The fraction of sp³-hybridized carbons (Fsp3) is 0.0625. The second-order valence-electron chi connectivity index (χ2n) is 5.07. The first-order valence-corrected chi connectivity index (χ1v) is 8.14. The SMILES string of the molecule is Cc1ccc2[nH]c(=O)c3c(c2c1)Nc1ccc(Br)cc1S3. The summed E-state index contributed by atoms with van der Waals surface area (Å²) in [5, 5.41) is 4.46. The van der Waals surface area contributed by atoms with Gasteiger partial charge in [-0.25, -0.2) is 0 Å². The molecule has 0 amide bonds. The first-order valence-electron chi connectivity index (χ1n) is 6.53. The van der Waals surface area contributed by atoms with Crippen LogP contribution < -0.4 is 10.9 Å². The van der Waals surface area contributed by atoms with E-state index in [4.69, 9.17) is 0 Å². The van der Waals surface area contributed by atoms with E-state index in [1.807, 2.05) is 30.3 Å². The number of nitrogens with one attached hydrogen (secondary N) is 2. The van der Waals surface area contributed by atoms with Gasteiger partial charge < -0.3 is 10.3 Å². The molecule has 0 saturated carbocycles. The third-order valence-electron chi connectivity index (χ3n) is 3.54. The Labute approximate surface area is 133 Å². The molecule has 1 aliphatic heterocycles. The van der Waals surface area contributed by atoms with E-state index < -0.39 is 0 Å². The van der Waals surface area contributed by atoms with E-state index in [9.17, 15) is 4.79 Å². The Hall–Kier alpha value is -1.72. The first kappa shape index (κ1) is 13.0. The number of H-pyrrole nitrogens is 1. The molecule has 1 aliphatic rings. The lowest BCUT2D eigenvalue weighted by atomic mass is 10.1. The van der Waals surface area contributed by atoms with E-state index in [1.54, 1.807) is 0 Å². The fourth-order valence-electron chi connectivity index (χ4n) is 2.54. The molecule has 2 heterocycles. The normalized spacial score (nSPS) is 12.7. The quantitative estimate of drug-likeness (QED) is 0.474. The minimum absolute atomic E-state index is 0.0514. The van der Waals surface area contributed by atoms with Crippen LogP contribution in [0.15, 0.2) is 55.5 Å². The number of anilines is 2. The van der Waals surface area contributed by atoms with Crippen LogP contribution in [0.25, 0.3) is 10.9 Å². The van der Waals surface area contributed by atoms with Gasteiger partial charge in [-0.05, 0) is 37.3 Å². The summed E-state index contributed by atoms with van der Waals surface area (Å²) in [4.78, 5) is 17.1. The standard InChI is InChI=1S/C16H11BrN2OS/c1-8-2-4-11-10(6-8)14-15(16(20)19-11)21-13-7-9(17)3-5-12(13)18-14/h2-7,18H,1H3,(H,19,20). The minimum atomic E-state index is -0.0514. The summed E-state index contributed by atoms with van der Waals surface area (Å²) in [5.74, 6) is 0. The molecule has 0 radical (unpaired) electrons. The molecular formula is C16H11BrN2OS. The Bertz CT molecular complexity index is 949. The second-order valence-corrected chi connectivity index (χ2v) is 7.04. The Kier molecular flexibility index (Phi) is 2.87. The van der Waals surface area contributed by atoms with Gasteiger partial charge in [-0.2, -0.15) is 0 Å². The number of halogens is 1. The molecule has 0 spiro atoms. The third-order valence-corrected chi connectivity index (χ3v) is 5.19. The number of hydrogen-bond acceptors (Lipinski definition) is 3. The van der Waals surface area contributed by atoms with Crippen LogP contribution in [0.5, 0.6) is 0 Å². The van der Waals surface area contributed by atoms with Crippen LogP contribution >= 0.6 is 27.7 Å². The van der Waals surface area contributed by atoms with Crippen molar-refractivity contribution in [2.45, 2.75) is 16.7 Å². The maximum absolute atomic E-state index is 12.3. The van der Waals surface area contributed by atoms with Crippen LogP contribution in [-0.4, -0.2) is 4.98 Å². The van der Waals surface area contributed by atoms with Crippen LogP contribution in [0.3, 0.4) is 0 Å². The van der Waals surface area contributed by atoms with Crippen molar-refractivity contribution in [3.63, 3.8) is 0 Å². The van der Waals surface area contributed by atoms with Crippen molar-refractivity contribution < 1.29 is 0 Å². The predicted molar refractivity (Wildman–Crippen MR) is 90.9 cm³/mol. The molecule has 4 rings (SSSR count). The number of benzene rings is 2. The van der Waals surface area contributed by atoms with Crippen molar-refractivity contribution in [2.75, 3.05) is 5.32 Å². The molecular weight excluding hydrogens is 348 g/mol. The van der Waals surface area contributed by atoms with Gasteiger partial charge >= 0.3 is 0 Å². The topological polar surface area (TPSA) is 44.9 Å². The number of rotatable bonds is 0. The highest BCUT2D eigenvalue weighted by Gasteiger charge is 2.21. The van der Waals surface area contributed by atoms with Crippen LogP contribution in [0, 0.1) is 6.92 Å². The molecule has 3 aromatic rings. The van der Waals surface area contributed by atoms with Crippen LogP contribution in [0.4, 0.5) is 11.4 Å². The molecule has 0 aliphatic carbocycles. The Balaban J connectivity index is 2.02. The summed E-state index contributed by atoms with van der Waals surface area (Å²) in [5.41, 5.74) is 3.91. The Morgan fingerprint density at radius 1 is 1.14 bits per heavy atom. The molecule has 2 N–H and O–H groups in total. The van der Waals surface area contributed by atoms with E-state index in [2.05, 4.69) is 39.2 Å². The third kappa shape index (κ3) is 2.08. The van der Waals surface area contributed by atoms with Crippen molar-refractivity contribution in [1.29, 1.82) is 0 Å². The monoisotopic (exact) mass is 358 g/mol. The smallest absolute Gasteiger partial charge is 0.264 e. The number of hydrogen-bond donors (Lipinski definition) is 2. The first-order chi connectivity index (χ1) is 10.1. The van der Waals surface area contributed by atoms with Crippen molar-refractivity contribution in [3.05, 3.63) is 56.8 Å². The maximum atomic E-state index is 12.3. The largest absolute Gasteiger partial charge is 0.353 e. The van der Waals surface area contributed by atoms with E-state index >= 15 is 0 Å². The van der Waals surface area contributed by atoms with Gasteiger partial charge in [0.1, 0.15) is 4.90 Å². The van der Waals surface area contributed by atoms with Gasteiger partial charge in [-0.3, -0.25) is 4.79 Å². The van der Waals surface area contributed by atoms with Gasteiger partial charge in [0, 0.05) is 14.8 Å². The van der Waals surface area contributed by atoms with E-state index in [0.717, 1.165) is 36.5 Å². The Morgan fingerprint density at radius 3 is 2.86 bits per heavy atom. The zero-order valence-corrected chi connectivity index (χ0v) is 13.6. The van der Waals surface area contributed by atoms with Gasteiger partial charge in [-0.15, -0.1) is 0 Å². The van der Waals surface area contributed by atoms with E-state index in [0.29, 0.717) is 0 Å². The molecule has 3 nitrogen and oxygen atoms in total. The van der Waals surface area contributed by atoms with Crippen molar-refractivity contribution in [2.24, 2.45) is 0 Å². The van der Waals surface area contributed by atoms with Crippen LogP contribution in [-0.2, 0) is 0 Å². The summed E-state index contributed by atoms with van der Waals surface area (Å²) in [7, 11) is 0. The van der Waals surface area contributed by atoms with Gasteiger partial charge in [0.25, 0.3) is 5.56 Å². The summed E-state index contributed by atoms with van der Waals surface area (Å²) in [6.07, 6.45) is 0. The van der Waals surface area contributed by atoms with Gasteiger partial charge in [0.05, 0.1) is 16.9 Å². The number of pyridine rings is 1. The number of aromatic nitrogens is 1. The number of aromatic amines is 1. The molecule has 2 aromatic carbocycles. The zero-order chi connectivity index (χ0) is 14.6. The lowest BCUT2D eigenvalue weighted by Gasteiger charge is -2.22. The molecule has 0 unspecified atom stereocenters. The molecule has 0 atom stereocenters. The lowest BCUT2D eigenvalue weighted by molar-refractivity contribution is 1.17. The summed E-state index contributed by atoms with van der Waals surface area (Å²) in [6.45, 7) is 2.05. The highest BCUT2D eigenvalue weighted by atomic mass is 79.9. The summed E-state index contributed by atoms with van der Waals surface area (Å²) in [6, 6.07) is 12.1. The summed E-state index contributed by atoms with van der Waals surface area (Å²) >= 11 is 4.98. The highest BCUT2D eigenvalue weighted by Crippen LogP contribution is 2.45. The predicted octanol–water partition coefficient (Wildman–Crippen LogP) is 4.81. The average Bonchev–Trinajstić information content (AvgIpc) is 2.47. The van der Waals surface area contributed by atoms with E-state index in [1.165, 1.54) is 17.3 Å². The highest BCUT2D eigenvalue weighted by molar-refractivity contribution is 9.10. The molecule has 104 valence electrons. The van der Waals surface area contributed by atoms with E-state index in [-0.39, 0.29) is 5.56 Å². The lowest BCUT2D eigenvalue weighted by Crippen LogP contribution is -2.14. The molecule has 0 bridgehead atoms. The van der Waals surface area contributed by atoms with Crippen molar-refractivity contribution in [3.8, 4) is 0 Å². The summed E-state index contributed by atoms with van der Waals surface area (Å²) < 4.78 is 1.01. The number of aryl methyl sites for hydroxylation is 1.